The molecule has 0 saturated heterocycles. The van der Waals surface area contributed by atoms with E-state index in [0.717, 1.165) is 11.4 Å². The van der Waals surface area contributed by atoms with E-state index in [1.54, 1.807) is 24.2 Å². The summed E-state index contributed by atoms with van der Waals surface area (Å²) in [4.78, 5) is 17.4. The van der Waals surface area contributed by atoms with Crippen molar-refractivity contribution >= 4 is 17.3 Å². The highest BCUT2D eigenvalue weighted by molar-refractivity contribution is 5.98. The fourth-order valence-corrected chi connectivity index (χ4v) is 1.70. The molecule has 1 heterocycles. The summed E-state index contributed by atoms with van der Waals surface area (Å²) in [7, 11) is 0. The first-order valence-electron chi connectivity index (χ1n) is 5.46. The van der Waals surface area contributed by atoms with E-state index in [1.165, 1.54) is 5.56 Å². The van der Waals surface area contributed by atoms with Crippen molar-refractivity contribution in [2.45, 2.75) is 13.8 Å². The van der Waals surface area contributed by atoms with Crippen LogP contribution in [0.1, 0.15) is 12.5 Å². The number of nitrogens with zero attached hydrogens (tertiary/aromatic N) is 2. The lowest BCUT2D eigenvalue weighted by Crippen LogP contribution is -2.22. The minimum atomic E-state index is -0.0138. The Bertz CT molecular complexity index is 506. The number of amides is 1. The average molecular weight is 226 g/mol. The number of aryl methyl sites for hydroxylation is 1. The molecule has 0 unspecified atom stereocenters. The molecule has 17 heavy (non-hydrogen) atoms. The van der Waals surface area contributed by atoms with Gasteiger partial charge >= 0.3 is 0 Å². The van der Waals surface area contributed by atoms with Crippen LogP contribution in [0.4, 0.5) is 11.4 Å². The minimum absolute atomic E-state index is 0.0138. The van der Waals surface area contributed by atoms with E-state index in [0.29, 0.717) is 0 Å². The summed E-state index contributed by atoms with van der Waals surface area (Å²) in [6, 6.07) is 11.5. The van der Waals surface area contributed by atoms with Crippen LogP contribution in [0.15, 0.2) is 48.8 Å². The maximum atomic E-state index is 11.7. The molecule has 1 amide bonds. The first-order valence-corrected chi connectivity index (χ1v) is 5.46. The summed E-state index contributed by atoms with van der Waals surface area (Å²) < 4.78 is 0. The molecule has 86 valence electrons. The first kappa shape index (κ1) is 11.3. The van der Waals surface area contributed by atoms with Crippen molar-refractivity contribution in [3.05, 3.63) is 54.4 Å². The maximum Gasteiger partial charge on any atom is 0.228 e. The maximum absolute atomic E-state index is 11.7. The van der Waals surface area contributed by atoms with Crippen LogP contribution in [-0.2, 0) is 4.79 Å². The zero-order valence-electron chi connectivity index (χ0n) is 9.92. The van der Waals surface area contributed by atoms with Gasteiger partial charge in [0.05, 0.1) is 5.69 Å². The monoisotopic (exact) mass is 226 g/mol. The SMILES string of the molecule is CC(=O)N(c1ccncc1)c1ccc(C)cc1. The van der Waals surface area contributed by atoms with Crippen molar-refractivity contribution in [2.24, 2.45) is 0 Å². The summed E-state index contributed by atoms with van der Waals surface area (Å²) in [6.07, 6.45) is 3.36. The molecule has 0 atom stereocenters. The Morgan fingerprint density at radius 1 is 1.00 bits per heavy atom. The van der Waals surface area contributed by atoms with Crippen LogP contribution >= 0.6 is 0 Å². The summed E-state index contributed by atoms with van der Waals surface area (Å²) >= 11 is 0. The van der Waals surface area contributed by atoms with E-state index >= 15 is 0 Å². The van der Waals surface area contributed by atoms with Crippen molar-refractivity contribution < 1.29 is 4.79 Å². The molecule has 2 aromatic rings. The van der Waals surface area contributed by atoms with Gasteiger partial charge < -0.3 is 0 Å². The highest BCUT2D eigenvalue weighted by Gasteiger charge is 2.13. The Labute approximate surface area is 101 Å². The Balaban J connectivity index is 2.43. The molecule has 0 aliphatic carbocycles. The number of carbonyl (C=O) groups excluding carboxylic acids is 1. The quantitative estimate of drug-likeness (QED) is 0.788. The number of hydrogen-bond acceptors (Lipinski definition) is 2. The zero-order chi connectivity index (χ0) is 12.3. The largest absolute Gasteiger partial charge is 0.281 e. The summed E-state index contributed by atoms with van der Waals surface area (Å²) in [5, 5.41) is 0. The molecule has 0 spiro atoms. The van der Waals surface area contributed by atoms with Crippen LogP contribution in [0.5, 0.6) is 0 Å². The molecule has 1 aromatic heterocycles. The molecule has 0 aliphatic heterocycles. The van der Waals surface area contributed by atoms with Gasteiger partial charge in [-0.25, -0.2) is 0 Å². The standard InChI is InChI=1S/C14H14N2O/c1-11-3-5-13(6-4-11)16(12(2)17)14-7-9-15-10-8-14/h3-10H,1-2H3. The molecular formula is C14H14N2O. The fourth-order valence-electron chi connectivity index (χ4n) is 1.70. The van der Waals surface area contributed by atoms with E-state index in [-0.39, 0.29) is 5.91 Å². The number of carbonyl (C=O) groups is 1. The minimum Gasteiger partial charge on any atom is -0.281 e. The van der Waals surface area contributed by atoms with Gasteiger partial charge in [0.1, 0.15) is 0 Å². The predicted octanol–water partition coefficient (Wildman–Crippen LogP) is 3.07. The highest BCUT2D eigenvalue weighted by Crippen LogP contribution is 2.24. The Morgan fingerprint density at radius 3 is 2.06 bits per heavy atom. The zero-order valence-corrected chi connectivity index (χ0v) is 9.92. The molecule has 0 radical (unpaired) electrons. The third kappa shape index (κ3) is 2.50. The van der Waals surface area contributed by atoms with E-state index in [2.05, 4.69) is 4.98 Å². The number of anilines is 2. The summed E-state index contributed by atoms with van der Waals surface area (Å²) in [5.41, 5.74) is 2.87. The average Bonchev–Trinajstić information content (AvgIpc) is 2.33. The van der Waals surface area contributed by atoms with Gasteiger partial charge in [0.25, 0.3) is 0 Å². The van der Waals surface area contributed by atoms with Crippen molar-refractivity contribution in [2.75, 3.05) is 4.90 Å². The molecular weight excluding hydrogens is 212 g/mol. The van der Waals surface area contributed by atoms with Gasteiger partial charge in [0.2, 0.25) is 5.91 Å². The second-order valence-corrected chi connectivity index (χ2v) is 3.90. The second-order valence-electron chi connectivity index (χ2n) is 3.90. The Kier molecular flexibility index (Phi) is 3.19. The van der Waals surface area contributed by atoms with E-state index < -0.39 is 0 Å². The second kappa shape index (κ2) is 4.78. The van der Waals surface area contributed by atoms with Crippen LogP contribution in [0, 0.1) is 6.92 Å². The molecule has 0 N–H and O–H groups in total. The third-order valence-electron chi connectivity index (χ3n) is 2.53. The van der Waals surface area contributed by atoms with Crippen LogP contribution in [0.25, 0.3) is 0 Å². The van der Waals surface area contributed by atoms with Crippen molar-refractivity contribution in [1.82, 2.24) is 4.98 Å². The number of benzene rings is 1. The third-order valence-corrected chi connectivity index (χ3v) is 2.53. The van der Waals surface area contributed by atoms with Gasteiger partial charge in [0.15, 0.2) is 0 Å². The first-order chi connectivity index (χ1) is 8.18. The van der Waals surface area contributed by atoms with Crippen LogP contribution in [-0.4, -0.2) is 10.9 Å². The van der Waals surface area contributed by atoms with E-state index in [1.807, 2.05) is 43.3 Å². The van der Waals surface area contributed by atoms with E-state index in [4.69, 9.17) is 0 Å². The lowest BCUT2D eigenvalue weighted by atomic mass is 10.2. The smallest absolute Gasteiger partial charge is 0.228 e. The van der Waals surface area contributed by atoms with Crippen molar-refractivity contribution in [3.63, 3.8) is 0 Å². The molecule has 3 nitrogen and oxygen atoms in total. The highest BCUT2D eigenvalue weighted by atomic mass is 16.2. The van der Waals surface area contributed by atoms with Gasteiger partial charge in [-0.05, 0) is 31.2 Å². The summed E-state index contributed by atoms with van der Waals surface area (Å²) in [5.74, 6) is -0.0138. The van der Waals surface area contributed by atoms with E-state index in [9.17, 15) is 4.79 Å². The van der Waals surface area contributed by atoms with Gasteiger partial charge in [0, 0.05) is 25.0 Å². The van der Waals surface area contributed by atoms with Crippen molar-refractivity contribution in [3.8, 4) is 0 Å². The molecule has 0 saturated carbocycles. The number of hydrogen-bond donors (Lipinski definition) is 0. The Hall–Kier alpha value is -2.16. The lowest BCUT2D eigenvalue weighted by Gasteiger charge is -2.21. The van der Waals surface area contributed by atoms with Crippen molar-refractivity contribution in [1.29, 1.82) is 0 Å². The molecule has 1 aromatic carbocycles. The predicted molar refractivity (Wildman–Crippen MR) is 68.2 cm³/mol. The Morgan fingerprint density at radius 2 is 1.53 bits per heavy atom. The molecule has 0 fully saturated rings. The van der Waals surface area contributed by atoms with Crippen LogP contribution in [0.2, 0.25) is 0 Å². The number of pyridine rings is 1. The molecule has 3 heteroatoms. The summed E-state index contributed by atoms with van der Waals surface area (Å²) in [6.45, 7) is 3.58. The molecule has 0 aliphatic rings. The lowest BCUT2D eigenvalue weighted by molar-refractivity contribution is -0.115. The topological polar surface area (TPSA) is 33.2 Å². The van der Waals surface area contributed by atoms with Gasteiger partial charge in [-0.15, -0.1) is 0 Å². The number of aromatic nitrogens is 1. The number of rotatable bonds is 2. The normalized spacial score (nSPS) is 10.0. The fraction of sp³-hybridized carbons (Fsp3) is 0.143. The van der Waals surface area contributed by atoms with Gasteiger partial charge in [-0.3, -0.25) is 14.7 Å². The van der Waals surface area contributed by atoms with Gasteiger partial charge in [-0.2, -0.15) is 0 Å². The van der Waals surface area contributed by atoms with Crippen LogP contribution in [0.3, 0.4) is 0 Å². The van der Waals surface area contributed by atoms with Gasteiger partial charge in [-0.1, -0.05) is 17.7 Å². The molecule has 2 rings (SSSR count). The molecule has 0 bridgehead atoms. The van der Waals surface area contributed by atoms with Crippen LogP contribution < -0.4 is 4.90 Å².